The van der Waals surface area contributed by atoms with Crippen molar-refractivity contribution in [3.63, 3.8) is 0 Å². The van der Waals surface area contributed by atoms with Gasteiger partial charge in [0.2, 0.25) is 17.7 Å². The van der Waals surface area contributed by atoms with Crippen LogP contribution in [0.5, 0.6) is 0 Å². The monoisotopic (exact) mass is 345 g/mol. The third-order valence-corrected chi connectivity index (χ3v) is 4.42. The lowest BCUT2D eigenvalue weighted by Crippen LogP contribution is -2.48. The minimum absolute atomic E-state index is 0.00521. The highest BCUT2D eigenvalue weighted by molar-refractivity contribution is 5.90. The van der Waals surface area contributed by atoms with Crippen molar-refractivity contribution >= 4 is 17.7 Å². The van der Waals surface area contributed by atoms with Gasteiger partial charge in [0.15, 0.2) is 0 Å². The number of likely N-dealkylation sites (tertiary alicyclic amines) is 1. The van der Waals surface area contributed by atoms with Gasteiger partial charge in [0.05, 0.1) is 6.54 Å². The van der Waals surface area contributed by atoms with E-state index >= 15 is 0 Å². The molecule has 136 valence electrons. The first-order valence-electron chi connectivity index (χ1n) is 8.91. The van der Waals surface area contributed by atoms with Crippen molar-refractivity contribution in [3.8, 4) is 0 Å². The molecule has 1 aliphatic rings. The lowest BCUT2D eigenvalue weighted by Gasteiger charge is -2.19. The highest BCUT2D eigenvalue weighted by atomic mass is 16.2. The van der Waals surface area contributed by atoms with Crippen molar-refractivity contribution in [3.05, 3.63) is 35.9 Å². The average molecular weight is 345 g/mol. The van der Waals surface area contributed by atoms with E-state index in [4.69, 9.17) is 0 Å². The summed E-state index contributed by atoms with van der Waals surface area (Å²) in [6, 6.07) is 9.25. The van der Waals surface area contributed by atoms with E-state index in [-0.39, 0.29) is 30.2 Å². The minimum atomic E-state index is -0.605. The molecule has 0 bridgehead atoms. The number of hydrogen-bond donors (Lipinski definition) is 2. The molecule has 1 heterocycles. The summed E-state index contributed by atoms with van der Waals surface area (Å²) in [5.41, 5.74) is 1.11. The Morgan fingerprint density at radius 3 is 2.68 bits per heavy atom. The Labute approximate surface area is 149 Å². The average Bonchev–Trinajstić information content (AvgIpc) is 2.96. The maximum absolute atomic E-state index is 12.2. The summed E-state index contributed by atoms with van der Waals surface area (Å²) >= 11 is 0. The number of hydrogen-bond acceptors (Lipinski definition) is 3. The second-order valence-electron chi connectivity index (χ2n) is 6.52. The third kappa shape index (κ3) is 5.59. The smallest absolute Gasteiger partial charge is 0.242 e. The molecule has 0 spiro atoms. The van der Waals surface area contributed by atoms with Gasteiger partial charge in [-0.2, -0.15) is 0 Å². The largest absolute Gasteiger partial charge is 0.354 e. The van der Waals surface area contributed by atoms with Gasteiger partial charge in [-0.3, -0.25) is 14.4 Å². The fraction of sp³-hybridized carbons (Fsp3) is 0.526. The van der Waals surface area contributed by atoms with Gasteiger partial charge in [-0.1, -0.05) is 43.7 Å². The second-order valence-corrected chi connectivity index (χ2v) is 6.52. The molecule has 1 saturated heterocycles. The Hall–Kier alpha value is -2.37. The summed E-state index contributed by atoms with van der Waals surface area (Å²) in [5.74, 6) is -0.405. The molecule has 3 amide bonds. The molecule has 2 rings (SSSR count). The number of nitrogens with one attached hydrogen (secondary N) is 2. The summed E-state index contributed by atoms with van der Waals surface area (Å²) in [6.07, 6.45) is 2.33. The highest BCUT2D eigenvalue weighted by Crippen LogP contribution is 2.27. The Kier molecular flexibility index (Phi) is 6.98. The lowest BCUT2D eigenvalue weighted by molar-refractivity contribution is -0.134. The van der Waals surface area contributed by atoms with Gasteiger partial charge in [-0.05, 0) is 18.9 Å². The summed E-state index contributed by atoms with van der Waals surface area (Å²) in [4.78, 5) is 37.8. The Balaban J connectivity index is 1.80. The predicted molar refractivity (Wildman–Crippen MR) is 95.9 cm³/mol. The standard InChI is InChI=1S/C19H27N3O3/c1-3-4-10-20-19(25)14(2)21-17(23)13-22-12-16(11-18(22)24)15-8-6-5-7-9-15/h5-9,14,16H,3-4,10-13H2,1-2H3,(H,20,25)(H,21,23)/t14-,16-/m0/s1. The fourth-order valence-electron chi connectivity index (χ4n) is 2.94. The van der Waals surface area contributed by atoms with Crippen LogP contribution in [0.4, 0.5) is 0 Å². The van der Waals surface area contributed by atoms with Crippen LogP contribution in [0.25, 0.3) is 0 Å². The van der Waals surface area contributed by atoms with Crippen molar-refractivity contribution < 1.29 is 14.4 Å². The molecule has 0 aliphatic carbocycles. The highest BCUT2D eigenvalue weighted by Gasteiger charge is 2.32. The van der Waals surface area contributed by atoms with E-state index in [1.807, 2.05) is 37.3 Å². The lowest BCUT2D eigenvalue weighted by atomic mass is 9.99. The zero-order chi connectivity index (χ0) is 18.2. The fourth-order valence-corrected chi connectivity index (χ4v) is 2.94. The Bertz CT molecular complexity index is 603. The predicted octanol–water partition coefficient (Wildman–Crippen LogP) is 1.42. The van der Waals surface area contributed by atoms with E-state index in [0.717, 1.165) is 18.4 Å². The first-order valence-corrected chi connectivity index (χ1v) is 8.91. The van der Waals surface area contributed by atoms with Crippen molar-refractivity contribution in [2.24, 2.45) is 0 Å². The summed E-state index contributed by atoms with van der Waals surface area (Å²) < 4.78 is 0. The van der Waals surface area contributed by atoms with Crippen LogP contribution in [0.3, 0.4) is 0 Å². The molecule has 2 N–H and O–H groups in total. The number of nitrogens with zero attached hydrogens (tertiary/aromatic N) is 1. The van der Waals surface area contributed by atoms with Crippen LogP contribution in [0.1, 0.15) is 44.6 Å². The second kappa shape index (κ2) is 9.20. The first-order chi connectivity index (χ1) is 12.0. The maximum Gasteiger partial charge on any atom is 0.242 e. The molecule has 1 fully saturated rings. The van der Waals surface area contributed by atoms with Gasteiger partial charge in [0.1, 0.15) is 6.04 Å². The van der Waals surface area contributed by atoms with Crippen LogP contribution in [-0.2, 0) is 14.4 Å². The number of amides is 3. The van der Waals surface area contributed by atoms with Gasteiger partial charge >= 0.3 is 0 Å². The van der Waals surface area contributed by atoms with Crippen molar-refractivity contribution in [2.45, 2.75) is 45.1 Å². The molecule has 0 unspecified atom stereocenters. The summed E-state index contributed by atoms with van der Waals surface area (Å²) in [7, 11) is 0. The number of benzene rings is 1. The van der Waals surface area contributed by atoms with E-state index in [9.17, 15) is 14.4 Å². The molecular formula is C19H27N3O3. The van der Waals surface area contributed by atoms with Crippen LogP contribution in [0.15, 0.2) is 30.3 Å². The molecule has 2 atom stereocenters. The zero-order valence-electron chi connectivity index (χ0n) is 15.0. The van der Waals surface area contributed by atoms with Gasteiger partial charge in [-0.25, -0.2) is 0 Å². The van der Waals surface area contributed by atoms with Crippen LogP contribution < -0.4 is 10.6 Å². The molecule has 6 nitrogen and oxygen atoms in total. The van der Waals surface area contributed by atoms with E-state index in [0.29, 0.717) is 19.5 Å². The van der Waals surface area contributed by atoms with Crippen molar-refractivity contribution in [2.75, 3.05) is 19.6 Å². The number of carbonyl (C=O) groups is 3. The van der Waals surface area contributed by atoms with Gasteiger partial charge < -0.3 is 15.5 Å². The maximum atomic E-state index is 12.2. The molecule has 1 aliphatic heterocycles. The Morgan fingerprint density at radius 1 is 1.28 bits per heavy atom. The SMILES string of the molecule is CCCCNC(=O)[C@H](C)NC(=O)CN1C[C@@H](c2ccccc2)CC1=O. The first kappa shape index (κ1) is 19.0. The topological polar surface area (TPSA) is 78.5 Å². The molecule has 25 heavy (non-hydrogen) atoms. The number of unbranched alkanes of at least 4 members (excludes halogenated alkanes) is 1. The minimum Gasteiger partial charge on any atom is -0.354 e. The van der Waals surface area contributed by atoms with Crippen molar-refractivity contribution in [1.82, 2.24) is 15.5 Å². The van der Waals surface area contributed by atoms with E-state index in [1.165, 1.54) is 0 Å². The number of rotatable bonds is 8. The van der Waals surface area contributed by atoms with Crippen LogP contribution in [0, 0.1) is 0 Å². The quantitative estimate of drug-likeness (QED) is 0.700. The molecule has 6 heteroatoms. The normalized spacial score (nSPS) is 18.1. The van der Waals surface area contributed by atoms with Crippen LogP contribution in [0.2, 0.25) is 0 Å². The van der Waals surface area contributed by atoms with Crippen LogP contribution in [-0.4, -0.2) is 48.3 Å². The zero-order valence-corrected chi connectivity index (χ0v) is 15.0. The van der Waals surface area contributed by atoms with Crippen LogP contribution >= 0.6 is 0 Å². The molecule has 0 saturated carbocycles. The summed E-state index contributed by atoms with van der Waals surface area (Å²) in [6.45, 7) is 4.84. The molecule has 1 aromatic rings. The number of carbonyl (C=O) groups excluding carboxylic acids is 3. The van der Waals surface area contributed by atoms with E-state index in [2.05, 4.69) is 10.6 Å². The molecule has 0 aromatic heterocycles. The van der Waals surface area contributed by atoms with Crippen molar-refractivity contribution in [1.29, 1.82) is 0 Å². The van der Waals surface area contributed by atoms with Gasteiger partial charge in [0.25, 0.3) is 0 Å². The van der Waals surface area contributed by atoms with E-state index in [1.54, 1.807) is 11.8 Å². The molecule has 1 aromatic carbocycles. The van der Waals surface area contributed by atoms with Gasteiger partial charge in [-0.15, -0.1) is 0 Å². The summed E-state index contributed by atoms with van der Waals surface area (Å²) in [5, 5.41) is 5.45. The third-order valence-electron chi connectivity index (χ3n) is 4.42. The molecule has 0 radical (unpaired) electrons. The molecular weight excluding hydrogens is 318 g/mol. The van der Waals surface area contributed by atoms with E-state index < -0.39 is 6.04 Å². The Morgan fingerprint density at radius 2 is 2.00 bits per heavy atom. The van der Waals surface area contributed by atoms with Gasteiger partial charge in [0, 0.05) is 25.4 Å².